The number of hydrogen-bond donors (Lipinski definition) is 2. The number of piperidine rings is 1. The van der Waals surface area contributed by atoms with E-state index in [1.54, 1.807) is 17.1 Å². The van der Waals surface area contributed by atoms with Crippen LogP contribution in [-0.2, 0) is 6.42 Å². The van der Waals surface area contributed by atoms with Crippen molar-refractivity contribution < 1.29 is 0 Å². The number of nitrogens with zero attached hydrogens (tertiary/aromatic N) is 9. The number of nitrogen functional groups attached to an aromatic ring is 1. The summed E-state index contributed by atoms with van der Waals surface area (Å²) in [7, 11) is 0. The minimum Gasteiger partial charge on any atom is -0.383 e. The first-order valence-corrected chi connectivity index (χ1v) is 15.6. The maximum atomic E-state index is 6.36. The lowest BCUT2D eigenvalue weighted by molar-refractivity contribution is 0.367. The summed E-state index contributed by atoms with van der Waals surface area (Å²) < 4.78 is 3.84. The molecule has 0 radical (unpaired) electrons. The Hall–Kier alpha value is -4.87. The van der Waals surface area contributed by atoms with Gasteiger partial charge in [-0.1, -0.05) is 6.07 Å². The van der Waals surface area contributed by atoms with Crippen molar-refractivity contribution in [3.63, 3.8) is 0 Å². The number of halogens is 1. The van der Waals surface area contributed by atoms with Gasteiger partial charge in [-0.3, -0.25) is 4.57 Å². The second-order valence-electron chi connectivity index (χ2n) is 11.7. The van der Waals surface area contributed by atoms with Crippen molar-refractivity contribution in [3.8, 4) is 22.9 Å². The van der Waals surface area contributed by atoms with E-state index in [0.717, 1.165) is 72.7 Å². The molecule has 0 amide bonds. The topological polar surface area (TPSA) is 128 Å². The number of aryl methyl sites for hydroxylation is 2. The Bertz CT molecular complexity index is 1990. The van der Waals surface area contributed by atoms with Crippen LogP contribution in [0.2, 0.25) is 5.28 Å². The van der Waals surface area contributed by atoms with E-state index in [1.165, 1.54) is 11.1 Å². The average molecular weight is 618 g/mol. The summed E-state index contributed by atoms with van der Waals surface area (Å²) >= 11 is 6.12. The Morgan fingerprint density at radius 1 is 0.911 bits per heavy atom. The van der Waals surface area contributed by atoms with Gasteiger partial charge in [0.15, 0.2) is 17.3 Å². The van der Waals surface area contributed by atoms with E-state index < -0.39 is 0 Å². The molecule has 6 heterocycles. The minimum atomic E-state index is 0.307. The molecule has 0 saturated carbocycles. The Morgan fingerprint density at radius 2 is 1.80 bits per heavy atom. The lowest BCUT2D eigenvalue weighted by Gasteiger charge is -2.34. The van der Waals surface area contributed by atoms with Gasteiger partial charge in [-0.25, -0.2) is 29.6 Å². The Morgan fingerprint density at radius 3 is 2.60 bits per heavy atom. The molecule has 8 rings (SSSR count). The zero-order chi connectivity index (χ0) is 30.5. The van der Waals surface area contributed by atoms with Crippen LogP contribution in [0.4, 0.5) is 11.6 Å². The highest BCUT2D eigenvalue weighted by Gasteiger charge is 2.29. The summed E-state index contributed by atoms with van der Waals surface area (Å²) in [6, 6.07) is 19.1. The molecule has 3 N–H and O–H groups in total. The van der Waals surface area contributed by atoms with E-state index in [2.05, 4.69) is 53.0 Å². The molecule has 11 nitrogen and oxygen atoms in total. The van der Waals surface area contributed by atoms with E-state index in [1.807, 2.05) is 49.5 Å². The quantitative estimate of drug-likeness (QED) is 0.241. The molecule has 1 aliphatic heterocycles. The number of nitrogens with one attached hydrogen (secondary N) is 1. The van der Waals surface area contributed by atoms with Crippen molar-refractivity contribution >= 4 is 34.4 Å². The number of benzene rings is 1. The van der Waals surface area contributed by atoms with E-state index in [0.29, 0.717) is 34.8 Å². The van der Waals surface area contributed by atoms with Crippen molar-refractivity contribution in [3.05, 3.63) is 95.3 Å². The highest BCUT2D eigenvalue weighted by molar-refractivity contribution is 6.28. The first kappa shape index (κ1) is 27.7. The molecule has 5 aromatic heterocycles. The van der Waals surface area contributed by atoms with Crippen LogP contribution in [0.25, 0.3) is 34.1 Å². The number of nitrogens with two attached hydrogens (primary N) is 1. The van der Waals surface area contributed by atoms with Gasteiger partial charge in [0.2, 0.25) is 5.28 Å². The van der Waals surface area contributed by atoms with Gasteiger partial charge in [-0.15, -0.1) is 0 Å². The number of hydrogen-bond acceptors (Lipinski definition) is 9. The summed E-state index contributed by atoms with van der Waals surface area (Å²) in [6.07, 6.45) is 9.48. The highest BCUT2D eigenvalue weighted by atomic mass is 35.5. The Labute approximate surface area is 265 Å². The normalized spacial score (nSPS) is 16.8. The average Bonchev–Trinajstić information content (AvgIpc) is 3.80. The molecule has 1 aliphatic carbocycles. The molecule has 226 valence electrons. The summed E-state index contributed by atoms with van der Waals surface area (Å²) in [5.41, 5.74) is 13.2. The summed E-state index contributed by atoms with van der Waals surface area (Å²) in [5.74, 6) is 2.76. The van der Waals surface area contributed by atoms with Crippen molar-refractivity contribution in [2.24, 2.45) is 0 Å². The summed E-state index contributed by atoms with van der Waals surface area (Å²) in [5, 5.41) is 8.65. The zero-order valence-corrected chi connectivity index (χ0v) is 25.6. The molecule has 6 aromatic rings. The van der Waals surface area contributed by atoms with Crippen LogP contribution in [0.3, 0.4) is 0 Å². The largest absolute Gasteiger partial charge is 0.383 e. The van der Waals surface area contributed by atoms with Crippen LogP contribution in [0, 0.1) is 6.92 Å². The fraction of sp³-hybridized carbons (Fsp3) is 0.273. The minimum absolute atomic E-state index is 0.307. The van der Waals surface area contributed by atoms with E-state index in [4.69, 9.17) is 27.3 Å². The third-order valence-corrected chi connectivity index (χ3v) is 9.01. The molecule has 0 spiro atoms. The second-order valence-corrected chi connectivity index (χ2v) is 12.0. The number of rotatable bonds is 6. The van der Waals surface area contributed by atoms with Gasteiger partial charge >= 0.3 is 0 Å². The zero-order valence-electron chi connectivity index (χ0n) is 24.8. The van der Waals surface area contributed by atoms with Gasteiger partial charge < -0.3 is 16.0 Å². The van der Waals surface area contributed by atoms with Gasteiger partial charge in [-0.2, -0.15) is 5.10 Å². The predicted molar refractivity (Wildman–Crippen MR) is 175 cm³/mol. The number of fused-ring (bicyclic) bond motifs is 2. The lowest BCUT2D eigenvalue weighted by atomic mass is 10.0. The third kappa shape index (κ3) is 5.17. The number of anilines is 2. The molecule has 45 heavy (non-hydrogen) atoms. The highest BCUT2D eigenvalue weighted by Crippen LogP contribution is 2.36. The first-order chi connectivity index (χ1) is 22.0. The van der Waals surface area contributed by atoms with Crippen LogP contribution >= 0.6 is 11.6 Å². The van der Waals surface area contributed by atoms with Crippen LogP contribution in [0.5, 0.6) is 0 Å². The monoisotopic (exact) mass is 617 g/mol. The molecule has 12 heteroatoms. The van der Waals surface area contributed by atoms with Crippen LogP contribution < -0.4 is 16.0 Å². The number of pyridine rings is 2. The van der Waals surface area contributed by atoms with E-state index in [9.17, 15) is 0 Å². The number of imidazole rings is 1. The molecule has 1 unspecified atom stereocenters. The van der Waals surface area contributed by atoms with E-state index in [-0.39, 0.29) is 0 Å². The molecular formula is C33H32ClN11. The third-order valence-electron chi connectivity index (χ3n) is 8.84. The van der Waals surface area contributed by atoms with Gasteiger partial charge in [-0.05, 0) is 97.8 Å². The first-order valence-electron chi connectivity index (χ1n) is 15.3. The molecule has 2 aliphatic rings. The summed E-state index contributed by atoms with van der Waals surface area (Å²) in [4.78, 5) is 25.3. The van der Waals surface area contributed by atoms with Crippen molar-refractivity contribution in [2.45, 2.75) is 44.7 Å². The van der Waals surface area contributed by atoms with Crippen LogP contribution in [-0.4, -0.2) is 58.4 Å². The van der Waals surface area contributed by atoms with Gasteiger partial charge in [0.1, 0.15) is 17.2 Å². The predicted octanol–water partition coefficient (Wildman–Crippen LogP) is 5.25. The molecular weight excluding hydrogens is 586 g/mol. The fourth-order valence-electron chi connectivity index (χ4n) is 6.67. The van der Waals surface area contributed by atoms with Gasteiger partial charge in [0.25, 0.3) is 0 Å². The SMILES string of the molecule is Cc1cc(N2CCC(NC3CCc4cc(-n5c(-c6cccnc6N)nc6ccc(-n7cccn7)nc65)ccc43)CC2)nc(Cl)n1. The standard InChI is InChI=1S/C33H32ClN11/c1-20-18-29(42-33(34)38-20)43-16-11-22(12-17-43)39-26-8-5-21-19-23(6-7-24(21)26)45-31(25-4-2-13-36-30(25)35)40-27-9-10-28(41-32(27)45)44-15-3-14-37-44/h2-4,6-7,9-10,13-15,18-19,22,26,39H,5,8,11-12,16-17H2,1H3,(H2,35,36). The molecule has 1 atom stereocenters. The lowest BCUT2D eigenvalue weighted by Crippen LogP contribution is -2.43. The Kier molecular flexibility index (Phi) is 6.91. The second kappa shape index (κ2) is 11.2. The fourth-order valence-corrected chi connectivity index (χ4v) is 6.89. The number of aromatic nitrogens is 8. The van der Waals surface area contributed by atoms with Gasteiger partial charge in [0.05, 0.1) is 5.56 Å². The van der Waals surface area contributed by atoms with Crippen LogP contribution in [0.15, 0.2) is 73.2 Å². The van der Waals surface area contributed by atoms with Crippen LogP contribution in [0.1, 0.15) is 42.1 Å². The maximum absolute atomic E-state index is 6.36. The molecule has 1 saturated heterocycles. The van der Waals surface area contributed by atoms with Crippen molar-refractivity contribution in [1.82, 2.24) is 44.6 Å². The molecule has 0 bridgehead atoms. The van der Waals surface area contributed by atoms with Crippen molar-refractivity contribution in [1.29, 1.82) is 0 Å². The van der Waals surface area contributed by atoms with E-state index >= 15 is 0 Å². The molecule has 1 fully saturated rings. The van der Waals surface area contributed by atoms with Gasteiger partial charge in [0, 0.05) is 61.2 Å². The summed E-state index contributed by atoms with van der Waals surface area (Å²) in [6.45, 7) is 3.82. The smallest absolute Gasteiger partial charge is 0.224 e. The van der Waals surface area contributed by atoms with Crippen molar-refractivity contribution in [2.75, 3.05) is 23.7 Å². The Balaban J connectivity index is 1.08. The molecule has 1 aromatic carbocycles. The maximum Gasteiger partial charge on any atom is 0.224 e.